The Bertz CT molecular complexity index is 297. The molecule has 18 heavy (non-hydrogen) atoms. The highest BCUT2D eigenvalue weighted by molar-refractivity contribution is 5.78. The molecular formula is C14H25N3O. The van der Waals surface area contributed by atoms with E-state index in [1.165, 1.54) is 38.8 Å². The summed E-state index contributed by atoms with van der Waals surface area (Å²) in [5.74, 6) is 0.365. The van der Waals surface area contributed by atoms with Crippen molar-refractivity contribution in [3.8, 4) is 0 Å². The first-order valence-corrected chi connectivity index (χ1v) is 7.58. The number of nitrogens with zero attached hydrogens (tertiary/aromatic N) is 2. The van der Waals surface area contributed by atoms with Gasteiger partial charge in [-0.1, -0.05) is 0 Å². The molecule has 0 unspecified atom stereocenters. The van der Waals surface area contributed by atoms with Gasteiger partial charge in [-0.15, -0.1) is 0 Å². The maximum absolute atomic E-state index is 11.6. The number of nitrogens with one attached hydrogen (secondary N) is 1. The van der Waals surface area contributed by atoms with Gasteiger partial charge >= 0.3 is 0 Å². The third-order valence-electron chi connectivity index (χ3n) is 4.51. The Balaban J connectivity index is 1.46. The first-order valence-electron chi connectivity index (χ1n) is 7.58. The lowest BCUT2D eigenvalue weighted by Gasteiger charge is -2.27. The molecule has 0 spiro atoms. The van der Waals surface area contributed by atoms with E-state index in [2.05, 4.69) is 15.1 Å². The van der Waals surface area contributed by atoms with Crippen molar-refractivity contribution >= 4 is 5.91 Å². The highest BCUT2D eigenvalue weighted by Gasteiger charge is 2.32. The number of amides is 1. The Labute approximate surface area is 110 Å². The van der Waals surface area contributed by atoms with Crippen molar-refractivity contribution in [2.75, 3.05) is 32.7 Å². The predicted molar refractivity (Wildman–Crippen MR) is 71.4 cm³/mol. The van der Waals surface area contributed by atoms with E-state index in [0.717, 1.165) is 38.5 Å². The normalized spacial score (nSPS) is 28.6. The summed E-state index contributed by atoms with van der Waals surface area (Å²) >= 11 is 0. The van der Waals surface area contributed by atoms with Crippen molar-refractivity contribution in [1.82, 2.24) is 15.1 Å². The van der Waals surface area contributed by atoms with Crippen LogP contribution >= 0.6 is 0 Å². The SMILES string of the molecule is O=C1CCCN1CCN(C[C@@H]1CCCN1)C1CC1. The van der Waals surface area contributed by atoms with E-state index >= 15 is 0 Å². The molecule has 1 saturated carbocycles. The first-order chi connectivity index (χ1) is 8.83. The van der Waals surface area contributed by atoms with E-state index in [9.17, 15) is 4.79 Å². The summed E-state index contributed by atoms with van der Waals surface area (Å²) in [6.45, 7) is 5.39. The van der Waals surface area contributed by atoms with Crippen LogP contribution in [-0.2, 0) is 4.79 Å². The average Bonchev–Trinajstić information content (AvgIpc) is 2.93. The Morgan fingerprint density at radius 1 is 1.28 bits per heavy atom. The summed E-state index contributed by atoms with van der Waals surface area (Å²) in [6, 6.07) is 1.50. The molecule has 0 aromatic heterocycles. The molecule has 2 saturated heterocycles. The van der Waals surface area contributed by atoms with Crippen LogP contribution in [0.25, 0.3) is 0 Å². The number of hydrogen-bond acceptors (Lipinski definition) is 3. The minimum Gasteiger partial charge on any atom is -0.341 e. The molecular weight excluding hydrogens is 226 g/mol. The highest BCUT2D eigenvalue weighted by Crippen LogP contribution is 2.27. The van der Waals surface area contributed by atoms with Crippen LogP contribution in [0.15, 0.2) is 0 Å². The molecule has 1 amide bonds. The Kier molecular flexibility index (Phi) is 3.85. The third-order valence-corrected chi connectivity index (χ3v) is 4.51. The standard InChI is InChI=1S/C14H25N3O/c18-14-4-2-8-16(14)9-10-17(13-5-6-13)11-12-3-1-7-15-12/h12-13,15H,1-11H2/t12-/m0/s1. The van der Waals surface area contributed by atoms with Crippen molar-refractivity contribution < 1.29 is 4.79 Å². The van der Waals surface area contributed by atoms with Gasteiger partial charge in [0.1, 0.15) is 0 Å². The molecule has 102 valence electrons. The smallest absolute Gasteiger partial charge is 0.222 e. The molecule has 1 atom stereocenters. The number of hydrogen-bond donors (Lipinski definition) is 1. The molecule has 2 aliphatic heterocycles. The topological polar surface area (TPSA) is 35.6 Å². The van der Waals surface area contributed by atoms with E-state index < -0.39 is 0 Å². The van der Waals surface area contributed by atoms with E-state index in [1.807, 2.05) is 0 Å². The number of carbonyl (C=O) groups is 1. The zero-order chi connectivity index (χ0) is 12.4. The number of rotatable bonds is 6. The summed E-state index contributed by atoms with van der Waals surface area (Å²) in [7, 11) is 0. The fraction of sp³-hybridized carbons (Fsp3) is 0.929. The summed E-state index contributed by atoms with van der Waals surface area (Å²) in [6.07, 6.45) is 7.21. The third kappa shape index (κ3) is 3.04. The number of likely N-dealkylation sites (tertiary alicyclic amines) is 1. The van der Waals surface area contributed by atoms with Gasteiger partial charge in [-0.3, -0.25) is 9.69 Å². The van der Waals surface area contributed by atoms with Gasteiger partial charge in [0.2, 0.25) is 5.91 Å². The summed E-state index contributed by atoms with van der Waals surface area (Å²) in [4.78, 5) is 16.3. The van der Waals surface area contributed by atoms with Crippen LogP contribution in [0, 0.1) is 0 Å². The molecule has 4 nitrogen and oxygen atoms in total. The highest BCUT2D eigenvalue weighted by atomic mass is 16.2. The van der Waals surface area contributed by atoms with E-state index in [4.69, 9.17) is 0 Å². The van der Waals surface area contributed by atoms with Gasteiger partial charge in [0, 0.05) is 44.7 Å². The van der Waals surface area contributed by atoms with Gasteiger partial charge in [0.25, 0.3) is 0 Å². The Hall–Kier alpha value is -0.610. The van der Waals surface area contributed by atoms with Crippen LogP contribution in [0.3, 0.4) is 0 Å². The predicted octanol–water partition coefficient (Wildman–Crippen LogP) is 0.825. The van der Waals surface area contributed by atoms with Gasteiger partial charge in [-0.25, -0.2) is 0 Å². The van der Waals surface area contributed by atoms with Crippen LogP contribution < -0.4 is 5.32 Å². The largest absolute Gasteiger partial charge is 0.341 e. The molecule has 1 N–H and O–H groups in total. The van der Waals surface area contributed by atoms with Crippen LogP contribution in [0.4, 0.5) is 0 Å². The van der Waals surface area contributed by atoms with Crippen molar-refractivity contribution in [3.05, 3.63) is 0 Å². The van der Waals surface area contributed by atoms with Gasteiger partial charge in [0.05, 0.1) is 0 Å². The maximum Gasteiger partial charge on any atom is 0.222 e. The molecule has 0 bridgehead atoms. The molecule has 3 aliphatic rings. The van der Waals surface area contributed by atoms with Gasteiger partial charge in [0.15, 0.2) is 0 Å². The minimum absolute atomic E-state index is 0.365. The van der Waals surface area contributed by atoms with Crippen LogP contribution in [0.2, 0.25) is 0 Å². The first kappa shape index (κ1) is 12.4. The summed E-state index contributed by atoms with van der Waals surface area (Å²) in [5.41, 5.74) is 0. The Morgan fingerprint density at radius 3 is 2.78 bits per heavy atom. The van der Waals surface area contributed by atoms with E-state index in [0.29, 0.717) is 11.9 Å². The molecule has 0 radical (unpaired) electrons. The quantitative estimate of drug-likeness (QED) is 0.759. The van der Waals surface area contributed by atoms with Crippen LogP contribution in [0.1, 0.15) is 38.5 Å². The van der Waals surface area contributed by atoms with Crippen molar-refractivity contribution in [3.63, 3.8) is 0 Å². The van der Waals surface area contributed by atoms with Gasteiger partial charge in [-0.2, -0.15) is 0 Å². The molecule has 0 aromatic rings. The minimum atomic E-state index is 0.365. The Morgan fingerprint density at radius 2 is 2.17 bits per heavy atom. The van der Waals surface area contributed by atoms with Gasteiger partial charge < -0.3 is 10.2 Å². The monoisotopic (exact) mass is 251 g/mol. The van der Waals surface area contributed by atoms with Crippen LogP contribution in [-0.4, -0.2) is 60.5 Å². The molecule has 0 aromatic carbocycles. The fourth-order valence-electron chi connectivity index (χ4n) is 3.25. The fourth-order valence-corrected chi connectivity index (χ4v) is 3.25. The van der Waals surface area contributed by atoms with E-state index in [1.54, 1.807) is 0 Å². The van der Waals surface area contributed by atoms with Crippen molar-refractivity contribution in [2.24, 2.45) is 0 Å². The maximum atomic E-state index is 11.6. The number of carbonyl (C=O) groups excluding carboxylic acids is 1. The lowest BCUT2D eigenvalue weighted by molar-refractivity contribution is -0.127. The zero-order valence-corrected chi connectivity index (χ0v) is 11.2. The van der Waals surface area contributed by atoms with Crippen molar-refractivity contribution in [2.45, 2.75) is 50.6 Å². The molecule has 4 heteroatoms. The lowest BCUT2D eigenvalue weighted by Crippen LogP contribution is -2.43. The second-order valence-electron chi connectivity index (χ2n) is 6.00. The zero-order valence-electron chi connectivity index (χ0n) is 11.2. The molecule has 1 aliphatic carbocycles. The molecule has 3 rings (SSSR count). The average molecular weight is 251 g/mol. The van der Waals surface area contributed by atoms with E-state index in [-0.39, 0.29) is 0 Å². The summed E-state index contributed by atoms with van der Waals surface area (Å²) < 4.78 is 0. The molecule has 3 fully saturated rings. The van der Waals surface area contributed by atoms with Gasteiger partial charge in [-0.05, 0) is 38.6 Å². The van der Waals surface area contributed by atoms with Crippen LogP contribution in [0.5, 0.6) is 0 Å². The molecule has 2 heterocycles. The second kappa shape index (κ2) is 5.57. The second-order valence-corrected chi connectivity index (χ2v) is 6.00. The van der Waals surface area contributed by atoms with Crippen molar-refractivity contribution in [1.29, 1.82) is 0 Å². The summed E-state index contributed by atoms with van der Waals surface area (Å²) in [5, 5.41) is 3.58. The lowest BCUT2D eigenvalue weighted by atomic mass is 10.2.